The van der Waals surface area contributed by atoms with E-state index in [0.29, 0.717) is 12.0 Å². The minimum absolute atomic E-state index is 0.146. The fraction of sp³-hybridized carbons (Fsp3) is 0.536. The van der Waals surface area contributed by atoms with Crippen molar-refractivity contribution in [3.8, 4) is 0 Å². The summed E-state index contributed by atoms with van der Waals surface area (Å²) in [4.78, 5) is 9.30. The molecule has 2 heterocycles. The van der Waals surface area contributed by atoms with Crippen molar-refractivity contribution < 1.29 is 0 Å². The van der Waals surface area contributed by atoms with Crippen LogP contribution in [0.3, 0.4) is 0 Å². The molecule has 0 N–H and O–H groups in total. The molecule has 0 amide bonds. The third-order valence-corrected chi connectivity index (χ3v) is 6.78. The van der Waals surface area contributed by atoms with Gasteiger partial charge in [0, 0.05) is 26.3 Å². The number of aromatic nitrogens is 1. The Morgan fingerprint density at radius 2 is 1.77 bits per heavy atom. The molecule has 1 aromatic carbocycles. The lowest BCUT2D eigenvalue weighted by molar-refractivity contribution is 0.155. The van der Waals surface area contributed by atoms with E-state index < -0.39 is 0 Å². The number of aryl methyl sites for hydroxylation is 1. The molecule has 168 valence electrons. The number of hydrogen-bond donors (Lipinski definition) is 0. The second-order valence-electron chi connectivity index (χ2n) is 10.4. The van der Waals surface area contributed by atoms with Crippen LogP contribution in [0.25, 0.3) is 0 Å². The zero-order valence-electron chi connectivity index (χ0n) is 20.7. The number of piperidine rings is 1. The summed E-state index contributed by atoms with van der Waals surface area (Å²) in [5, 5.41) is 0. The lowest BCUT2D eigenvalue weighted by atomic mass is 9.77. The molecule has 1 aliphatic rings. The van der Waals surface area contributed by atoms with Crippen LogP contribution < -0.4 is 4.90 Å². The predicted molar refractivity (Wildman–Crippen MR) is 134 cm³/mol. The second-order valence-corrected chi connectivity index (χ2v) is 10.4. The maximum Gasteiger partial charge on any atom is 0.128 e. The van der Waals surface area contributed by atoms with E-state index in [4.69, 9.17) is 0 Å². The molecular formula is C28H41N3. The Hall–Kier alpha value is -2.13. The van der Waals surface area contributed by atoms with Crippen LogP contribution in [0.1, 0.15) is 69.6 Å². The molecule has 1 atom stereocenters. The molecule has 3 heteroatoms. The Morgan fingerprint density at radius 3 is 2.35 bits per heavy atom. The molecule has 3 nitrogen and oxygen atoms in total. The molecule has 2 aromatic rings. The highest BCUT2D eigenvalue weighted by Crippen LogP contribution is 2.35. The lowest BCUT2D eigenvalue weighted by Crippen LogP contribution is -2.43. The van der Waals surface area contributed by atoms with Crippen LogP contribution in [0.2, 0.25) is 0 Å². The van der Waals surface area contributed by atoms with Gasteiger partial charge in [-0.05, 0) is 87.7 Å². The average Bonchev–Trinajstić information content (AvgIpc) is 2.73. The van der Waals surface area contributed by atoms with Crippen LogP contribution in [0, 0.1) is 6.92 Å². The highest BCUT2D eigenvalue weighted by Gasteiger charge is 2.30. The van der Waals surface area contributed by atoms with E-state index in [1.807, 2.05) is 6.20 Å². The minimum atomic E-state index is 0.146. The first kappa shape index (κ1) is 23.5. The Balaban J connectivity index is 1.71. The zero-order chi connectivity index (χ0) is 22.6. The minimum Gasteiger partial charge on any atom is -0.363 e. The van der Waals surface area contributed by atoms with E-state index in [1.165, 1.54) is 35.1 Å². The molecule has 1 saturated heterocycles. The SMILES string of the molecule is CC(C)=CC(CC(C)(C)c1ccc(C)cc1)N1CCC(c2ccnc(N(C)C)c2)CC1. The molecule has 31 heavy (non-hydrogen) atoms. The molecule has 1 unspecified atom stereocenters. The number of likely N-dealkylation sites (tertiary alicyclic amines) is 1. The summed E-state index contributed by atoms with van der Waals surface area (Å²) in [5.41, 5.74) is 5.77. The Kier molecular flexibility index (Phi) is 7.59. The van der Waals surface area contributed by atoms with Crippen molar-refractivity contribution in [3.05, 3.63) is 70.9 Å². The molecule has 0 spiro atoms. The number of anilines is 1. The summed E-state index contributed by atoms with van der Waals surface area (Å²) in [6.07, 6.45) is 8.04. The first-order valence-electron chi connectivity index (χ1n) is 11.8. The largest absolute Gasteiger partial charge is 0.363 e. The summed E-state index contributed by atoms with van der Waals surface area (Å²) < 4.78 is 0. The van der Waals surface area contributed by atoms with E-state index in [1.54, 1.807) is 0 Å². The molecule has 0 radical (unpaired) electrons. The highest BCUT2D eigenvalue weighted by molar-refractivity contribution is 5.40. The van der Waals surface area contributed by atoms with Crippen molar-refractivity contribution in [2.75, 3.05) is 32.1 Å². The third-order valence-electron chi connectivity index (χ3n) is 6.78. The summed E-state index contributed by atoms with van der Waals surface area (Å²) in [6.45, 7) is 13.7. The number of benzene rings is 1. The van der Waals surface area contributed by atoms with Gasteiger partial charge in [0.2, 0.25) is 0 Å². The highest BCUT2D eigenvalue weighted by atomic mass is 15.2. The van der Waals surface area contributed by atoms with Gasteiger partial charge in [0.15, 0.2) is 0 Å². The van der Waals surface area contributed by atoms with Gasteiger partial charge in [0.05, 0.1) is 0 Å². The summed E-state index contributed by atoms with van der Waals surface area (Å²) in [5.74, 6) is 1.69. The number of pyridine rings is 1. The normalized spacial score (nSPS) is 16.7. The van der Waals surface area contributed by atoms with Gasteiger partial charge in [0.1, 0.15) is 5.82 Å². The molecule has 0 saturated carbocycles. The molecule has 0 aliphatic carbocycles. The van der Waals surface area contributed by atoms with E-state index in [9.17, 15) is 0 Å². The number of nitrogens with zero attached hydrogens (tertiary/aromatic N) is 3. The van der Waals surface area contributed by atoms with Gasteiger partial charge in [-0.25, -0.2) is 4.98 Å². The van der Waals surface area contributed by atoms with Gasteiger partial charge >= 0.3 is 0 Å². The van der Waals surface area contributed by atoms with Crippen molar-refractivity contribution in [3.63, 3.8) is 0 Å². The fourth-order valence-electron chi connectivity index (χ4n) is 4.82. The van der Waals surface area contributed by atoms with Gasteiger partial charge in [0.25, 0.3) is 0 Å². The zero-order valence-corrected chi connectivity index (χ0v) is 20.7. The Labute approximate surface area is 190 Å². The number of hydrogen-bond acceptors (Lipinski definition) is 3. The maximum absolute atomic E-state index is 4.49. The first-order chi connectivity index (χ1) is 14.7. The standard InChI is InChI=1S/C28H41N3/c1-21(2)18-26(20-28(4,5)25-10-8-22(3)9-11-25)31-16-13-23(14-17-31)24-12-15-29-27(19-24)30(6)7/h8-12,15,18-19,23,26H,13-14,16-17,20H2,1-7H3. The third kappa shape index (κ3) is 6.20. The molecule has 3 rings (SSSR count). The molecule has 1 aliphatic heterocycles. The van der Waals surface area contributed by atoms with Gasteiger partial charge in [-0.3, -0.25) is 4.90 Å². The van der Waals surface area contributed by atoms with E-state index >= 15 is 0 Å². The van der Waals surface area contributed by atoms with Crippen molar-refractivity contribution in [1.29, 1.82) is 0 Å². The van der Waals surface area contributed by atoms with Crippen molar-refractivity contribution in [2.45, 2.75) is 71.3 Å². The second kappa shape index (κ2) is 9.99. The monoisotopic (exact) mass is 419 g/mol. The summed E-state index contributed by atoms with van der Waals surface area (Å²) in [7, 11) is 4.13. The van der Waals surface area contributed by atoms with Crippen LogP contribution in [0.15, 0.2) is 54.2 Å². The van der Waals surface area contributed by atoms with E-state index in [-0.39, 0.29) is 5.41 Å². The van der Waals surface area contributed by atoms with Gasteiger partial charge in [-0.15, -0.1) is 0 Å². The first-order valence-corrected chi connectivity index (χ1v) is 11.8. The number of allylic oxidation sites excluding steroid dienone is 1. The maximum atomic E-state index is 4.49. The topological polar surface area (TPSA) is 19.4 Å². The lowest BCUT2D eigenvalue weighted by Gasteiger charge is -2.40. The Bertz CT molecular complexity index is 867. The predicted octanol–water partition coefficient (Wildman–Crippen LogP) is 6.34. The summed E-state index contributed by atoms with van der Waals surface area (Å²) >= 11 is 0. The van der Waals surface area contributed by atoms with Crippen molar-refractivity contribution in [1.82, 2.24) is 9.88 Å². The number of rotatable bonds is 7. The van der Waals surface area contributed by atoms with Crippen molar-refractivity contribution in [2.24, 2.45) is 0 Å². The van der Waals surface area contributed by atoms with Gasteiger partial charge in [-0.2, -0.15) is 0 Å². The van der Waals surface area contributed by atoms with Crippen LogP contribution in [0.5, 0.6) is 0 Å². The van der Waals surface area contributed by atoms with E-state index in [0.717, 1.165) is 25.3 Å². The van der Waals surface area contributed by atoms with E-state index in [2.05, 4.69) is 106 Å². The summed E-state index contributed by atoms with van der Waals surface area (Å²) in [6, 6.07) is 14.1. The quantitative estimate of drug-likeness (QED) is 0.488. The molecule has 0 bridgehead atoms. The van der Waals surface area contributed by atoms with Gasteiger partial charge in [-0.1, -0.05) is 55.3 Å². The van der Waals surface area contributed by atoms with Crippen LogP contribution in [-0.2, 0) is 5.41 Å². The molecular weight excluding hydrogens is 378 g/mol. The van der Waals surface area contributed by atoms with Crippen molar-refractivity contribution >= 4 is 5.82 Å². The average molecular weight is 420 g/mol. The van der Waals surface area contributed by atoms with Crippen LogP contribution >= 0.6 is 0 Å². The molecule has 1 aromatic heterocycles. The fourth-order valence-corrected chi connectivity index (χ4v) is 4.82. The smallest absolute Gasteiger partial charge is 0.128 e. The molecule has 1 fully saturated rings. The van der Waals surface area contributed by atoms with Crippen LogP contribution in [0.4, 0.5) is 5.82 Å². The Morgan fingerprint density at radius 1 is 1.13 bits per heavy atom. The van der Waals surface area contributed by atoms with Crippen LogP contribution in [-0.4, -0.2) is 43.1 Å². The van der Waals surface area contributed by atoms with Gasteiger partial charge < -0.3 is 4.90 Å².